The van der Waals surface area contributed by atoms with E-state index in [9.17, 15) is 0 Å². The Morgan fingerprint density at radius 1 is 1.23 bits per heavy atom. The van der Waals surface area contributed by atoms with Crippen molar-refractivity contribution in [2.24, 2.45) is 0 Å². The van der Waals surface area contributed by atoms with Gasteiger partial charge in [-0.25, -0.2) is 4.57 Å². The summed E-state index contributed by atoms with van der Waals surface area (Å²) in [5.41, 5.74) is 1.32. The molecule has 0 radical (unpaired) electrons. The van der Waals surface area contributed by atoms with Gasteiger partial charge >= 0.3 is 0 Å². The summed E-state index contributed by atoms with van der Waals surface area (Å²) in [6.07, 6.45) is 6.68. The minimum Gasteiger partial charge on any atom is -1.00 e. The highest BCUT2D eigenvalue weighted by atomic mass is 79.9. The predicted octanol–water partition coefficient (Wildman–Crippen LogP) is -1.00. The zero-order valence-electron chi connectivity index (χ0n) is 7.91. The van der Waals surface area contributed by atoms with Crippen LogP contribution in [0.5, 0.6) is 0 Å². The molecule has 1 aromatic heterocycles. The third-order valence-electron chi connectivity index (χ3n) is 1.88. The molecule has 74 valence electrons. The first-order valence-electron chi connectivity index (χ1n) is 4.39. The van der Waals surface area contributed by atoms with Crippen LogP contribution < -0.4 is 21.5 Å². The molecule has 1 rings (SSSR count). The Labute approximate surface area is 96.4 Å². The Hall–Kier alpha value is -0.0200. The Morgan fingerprint density at radius 3 is 2.38 bits per heavy atom. The molecule has 0 aliphatic carbocycles. The van der Waals surface area contributed by atoms with E-state index in [0.29, 0.717) is 0 Å². The summed E-state index contributed by atoms with van der Waals surface area (Å²) in [6, 6.07) is 4.28. The molecule has 1 nitrogen and oxygen atoms in total. The lowest BCUT2D eigenvalue weighted by molar-refractivity contribution is -0.697. The van der Waals surface area contributed by atoms with Crippen molar-refractivity contribution >= 4 is 12.6 Å². The third-order valence-corrected chi connectivity index (χ3v) is 2.20. The quantitative estimate of drug-likeness (QED) is 0.403. The lowest BCUT2D eigenvalue weighted by atomic mass is 10.3. The van der Waals surface area contributed by atoms with Crippen molar-refractivity contribution in [1.82, 2.24) is 0 Å². The Bertz CT molecular complexity index is 223. The first kappa shape index (κ1) is 13.0. The fourth-order valence-electron chi connectivity index (χ4n) is 1.09. The molecule has 0 N–H and O–H groups in total. The van der Waals surface area contributed by atoms with Gasteiger partial charge in [0.2, 0.25) is 0 Å². The maximum atomic E-state index is 4.17. The monoisotopic (exact) mass is 261 g/mol. The average molecular weight is 262 g/mol. The molecular formula is C10H16BrNS. The molecule has 0 aliphatic rings. The molecule has 0 saturated heterocycles. The van der Waals surface area contributed by atoms with Crippen LogP contribution in [-0.4, -0.2) is 5.75 Å². The van der Waals surface area contributed by atoms with Crippen LogP contribution >= 0.6 is 12.6 Å². The standard InChI is InChI=1S/C10H15NS.BrH/c1-10-4-7-11(8-5-10)6-2-3-9-12;/h4-5,7-8H,2-3,6,9H2,1H3;1H. The zero-order chi connectivity index (χ0) is 8.81. The van der Waals surface area contributed by atoms with Gasteiger partial charge < -0.3 is 17.0 Å². The lowest BCUT2D eigenvalue weighted by Crippen LogP contribution is -3.00. The van der Waals surface area contributed by atoms with Gasteiger partial charge in [-0.3, -0.25) is 0 Å². The summed E-state index contributed by atoms with van der Waals surface area (Å²) in [7, 11) is 0. The van der Waals surface area contributed by atoms with Crippen LogP contribution in [-0.2, 0) is 6.54 Å². The van der Waals surface area contributed by atoms with E-state index in [2.05, 4.69) is 48.6 Å². The molecule has 0 aliphatic heterocycles. The van der Waals surface area contributed by atoms with Crippen molar-refractivity contribution in [3.63, 3.8) is 0 Å². The zero-order valence-corrected chi connectivity index (χ0v) is 10.4. The van der Waals surface area contributed by atoms with Gasteiger partial charge in [0.15, 0.2) is 12.4 Å². The van der Waals surface area contributed by atoms with E-state index in [-0.39, 0.29) is 17.0 Å². The number of pyridine rings is 1. The number of hydrogen-bond donors (Lipinski definition) is 1. The van der Waals surface area contributed by atoms with Gasteiger partial charge in [0.1, 0.15) is 6.54 Å². The van der Waals surface area contributed by atoms with E-state index in [1.807, 2.05) is 0 Å². The molecule has 13 heavy (non-hydrogen) atoms. The van der Waals surface area contributed by atoms with E-state index < -0.39 is 0 Å². The van der Waals surface area contributed by atoms with Gasteiger partial charge in [0, 0.05) is 18.6 Å². The number of thiol groups is 1. The number of aromatic nitrogens is 1. The van der Waals surface area contributed by atoms with Crippen LogP contribution in [0, 0.1) is 6.92 Å². The number of hydrogen-bond acceptors (Lipinski definition) is 1. The fraction of sp³-hybridized carbons (Fsp3) is 0.500. The van der Waals surface area contributed by atoms with Gasteiger partial charge in [-0.2, -0.15) is 12.6 Å². The van der Waals surface area contributed by atoms with Gasteiger partial charge in [0.05, 0.1) is 0 Å². The first-order chi connectivity index (χ1) is 5.83. The summed E-state index contributed by atoms with van der Waals surface area (Å²) < 4.78 is 2.22. The number of rotatable bonds is 4. The second-order valence-electron chi connectivity index (χ2n) is 3.04. The Morgan fingerprint density at radius 2 is 1.85 bits per heavy atom. The van der Waals surface area contributed by atoms with E-state index in [0.717, 1.165) is 12.3 Å². The van der Waals surface area contributed by atoms with Gasteiger partial charge in [-0.15, -0.1) is 0 Å². The molecule has 3 heteroatoms. The second kappa shape index (κ2) is 7.39. The van der Waals surface area contributed by atoms with Crippen LogP contribution in [0.3, 0.4) is 0 Å². The van der Waals surface area contributed by atoms with Crippen LogP contribution in [0.25, 0.3) is 0 Å². The van der Waals surface area contributed by atoms with Crippen molar-refractivity contribution in [3.8, 4) is 0 Å². The Balaban J connectivity index is 0.00000144. The molecule has 0 atom stereocenters. The third kappa shape index (κ3) is 5.32. The molecule has 0 unspecified atom stereocenters. The lowest BCUT2D eigenvalue weighted by Gasteiger charge is -1.95. The SMILES string of the molecule is Cc1cc[n+](CCCCS)cc1.[Br-]. The van der Waals surface area contributed by atoms with Crippen LogP contribution in [0.2, 0.25) is 0 Å². The normalized spacial score (nSPS) is 9.38. The molecular weight excluding hydrogens is 246 g/mol. The maximum Gasteiger partial charge on any atom is 0.169 e. The summed E-state index contributed by atoms with van der Waals surface area (Å²) >= 11 is 4.17. The largest absolute Gasteiger partial charge is 1.00 e. The maximum absolute atomic E-state index is 4.17. The fourth-order valence-corrected chi connectivity index (χ4v) is 1.31. The van der Waals surface area contributed by atoms with Crippen LogP contribution in [0.15, 0.2) is 24.5 Å². The van der Waals surface area contributed by atoms with Crippen molar-refractivity contribution in [1.29, 1.82) is 0 Å². The second-order valence-corrected chi connectivity index (χ2v) is 3.49. The predicted molar refractivity (Wildman–Crippen MR) is 54.5 cm³/mol. The highest BCUT2D eigenvalue weighted by Gasteiger charge is 1.97. The van der Waals surface area contributed by atoms with Gasteiger partial charge in [0.25, 0.3) is 0 Å². The molecule has 0 bridgehead atoms. The summed E-state index contributed by atoms with van der Waals surface area (Å²) in [5, 5.41) is 0. The molecule has 0 saturated carbocycles. The average Bonchev–Trinajstić information content (AvgIpc) is 2.09. The number of aryl methyl sites for hydroxylation is 2. The molecule has 1 aromatic rings. The Kier molecular flexibility index (Phi) is 7.38. The number of unbranched alkanes of at least 4 members (excludes halogenated alkanes) is 1. The topological polar surface area (TPSA) is 3.88 Å². The molecule has 0 spiro atoms. The molecule has 1 heterocycles. The van der Waals surface area contributed by atoms with Crippen LogP contribution in [0.1, 0.15) is 18.4 Å². The van der Waals surface area contributed by atoms with E-state index in [1.165, 1.54) is 18.4 Å². The van der Waals surface area contributed by atoms with Crippen molar-refractivity contribution in [3.05, 3.63) is 30.1 Å². The minimum atomic E-state index is 0. The first-order valence-corrected chi connectivity index (χ1v) is 5.03. The smallest absolute Gasteiger partial charge is 0.169 e. The van der Waals surface area contributed by atoms with Crippen molar-refractivity contribution in [2.75, 3.05) is 5.75 Å². The molecule has 0 aromatic carbocycles. The van der Waals surface area contributed by atoms with E-state index >= 15 is 0 Å². The summed E-state index contributed by atoms with van der Waals surface area (Å²) in [5.74, 6) is 0.992. The van der Waals surface area contributed by atoms with Crippen LogP contribution in [0.4, 0.5) is 0 Å². The van der Waals surface area contributed by atoms with Crippen molar-refractivity contribution < 1.29 is 21.5 Å². The molecule has 0 amide bonds. The number of halogens is 1. The highest BCUT2D eigenvalue weighted by Crippen LogP contribution is 1.93. The number of nitrogens with zero attached hydrogens (tertiary/aromatic N) is 1. The highest BCUT2D eigenvalue weighted by molar-refractivity contribution is 7.80. The summed E-state index contributed by atoms with van der Waals surface area (Å²) in [4.78, 5) is 0. The van der Waals surface area contributed by atoms with E-state index in [1.54, 1.807) is 0 Å². The van der Waals surface area contributed by atoms with E-state index in [4.69, 9.17) is 0 Å². The van der Waals surface area contributed by atoms with Gasteiger partial charge in [-0.05, 0) is 24.7 Å². The minimum absolute atomic E-state index is 0. The summed E-state index contributed by atoms with van der Waals surface area (Å²) in [6.45, 7) is 3.22. The molecule has 0 fully saturated rings. The van der Waals surface area contributed by atoms with Crippen molar-refractivity contribution in [2.45, 2.75) is 26.3 Å². The van der Waals surface area contributed by atoms with Gasteiger partial charge in [-0.1, -0.05) is 0 Å².